The van der Waals surface area contributed by atoms with Gasteiger partial charge in [0, 0.05) is 28.1 Å². The van der Waals surface area contributed by atoms with Crippen molar-refractivity contribution in [1.82, 2.24) is 9.97 Å². The Morgan fingerprint density at radius 3 is 2.52 bits per heavy atom. The SMILES string of the molecule is Nc1ncccc1[C@@H](C(=O)Nc1ccc(Br)cc1)c1ccc(Cl)nc1. The summed E-state index contributed by atoms with van der Waals surface area (Å²) in [5, 5.41) is 3.26. The Bertz CT molecular complexity index is 884. The van der Waals surface area contributed by atoms with Crippen molar-refractivity contribution in [3.63, 3.8) is 0 Å². The lowest BCUT2D eigenvalue weighted by atomic mass is 9.91. The molecule has 0 radical (unpaired) electrons. The number of anilines is 2. The molecule has 2 heterocycles. The third-order valence-electron chi connectivity index (χ3n) is 3.64. The molecule has 0 fully saturated rings. The molecular formula is C18H14BrClN4O. The van der Waals surface area contributed by atoms with Crippen LogP contribution in [0.2, 0.25) is 5.15 Å². The van der Waals surface area contributed by atoms with E-state index in [0.29, 0.717) is 27.8 Å². The monoisotopic (exact) mass is 416 g/mol. The minimum absolute atomic E-state index is 0.230. The predicted octanol–water partition coefficient (Wildman–Crippen LogP) is 4.25. The molecule has 3 aromatic rings. The molecule has 0 saturated heterocycles. The van der Waals surface area contributed by atoms with Gasteiger partial charge >= 0.3 is 0 Å². The Morgan fingerprint density at radius 1 is 1.12 bits per heavy atom. The van der Waals surface area contributed by atoms with Gasteiger partial charge in [-0.05, 0) is 42.0 Å². The van der Waals surface area contributed by atoms with Gasteiger partial charge in [0.2, 0.25) is 5.91 Å². The molecule has 0 saturated carbocycles. The second-order valence-corrected chi connectivity index (χ2v) is 6.62. The van der Waals surface area contributed by atoms with Gasteiger partial charge in [-0.1, -0.05) is 39.7 Å². The highest BCUT2D eigenvalue weighted by atomic mass is 79.9. The highest BCUT2D eigenvalue weighted by molar-refractivity contribution is 9.10. The van der Waals surface area contributed by atoms with Crippen LogP contribution in [0, 0.1) is 0 Å². The van der Waals surface area contributed by atoms with Crippen LogP contribution in [0.3, 0.4) is 0 Å². The zero-order valence-electron chi connectivity index (χ0n) is 13.0. The number of benzene rings is 1. The zero-order valence-corrected chi connectivity index (χ0v) is 15.3. The lowest BCUT2D eigenvalue weighted by Crippen LogP contribution is -2.23. The molecule has 0 aliphatic carbocycles. The second-order valence-electron chi connectivity index (χ2n) is 5.32. The summed E-state index contributed by atoms with van der Waals surface area (Å²) < 4.78 is 0.931. The van der Waals surface area contributed by atoms with E-state index in [9.17, 15) is 4.79 Å². The summed E-state index contributed by atoms with van der Waals surface area (Å²) in [7, 11) is 0. The van der Waals surface area contributed by atoms with Gasteiger partial charge in [0.05, 0.1) is 5.92 Å². The number of hydrogen-bond donors (Lipinski definition) is 2. The molecule has 3 rings (SSSR count). The van der Waals surface area contributed by atoms with E-state index >= 15 is 0 Å². The predicted molar refractivity (Wildman–Crippen MR) is 103 cm³/mol. The summed E-state index contributed by atoms with van der Waals surface area (Å²) in [6.07, 6.45) is 3.16. The first-order valence-corrected chi connectivity index (χ1v) is 8.60. The number of amides is 1. The van der Waals surface area contributed by atoms with Crippen LogP contribution in [-0.4, -0.2) is 15.9 Å². The average molecular weight is 418 g/mol. The quantitative estimate of drug-likeness (QED) is 0.622. The first-order valence-electron chi connectivity index (χ1n) is 7.43. The number of halogens is 2. The largest absolute Gasteiger partial charge is 0.383 e. The number of hydrogen-bond acceptors (Lipinski definition) is 4. The van der Waals surface area contributed by atoms with Crippen LogP contribution in [-0.2, 0) is 4.79 Å². The molecule has 25 heavy (non-hydrogen) atoms. The number of nitrogens with one attached hydrogen (secondary N) is 1. The molecule has 1 aromatic carbocycles. The molecule has 1 atom stereocenters. The van der Waals surface area contributed by atoms with Crippen LogP contribution in [0.15, 0.2) is 65.4 Å². The number of pyridine rings is 2. The van der Waals surface area contributed by atoms with E-state index in [4.69, 9.17) is 17.3 Å². The number of nitrogens with two attached hydrogens (primary N) is 1. The lowest BCUT2D eigenvalue weighted by molar-refractivity contribution is -0.116. The molecule has 0 unspecified atom stereocenters. The maximum atomic E-state index is 13.0. The van der Waals surface area contributed by atoms with E-state index in [1.807, 2.05) is 24.3 Å². The van der Waals surface area contributed by atoms with Crippen molar-refractivity contribution in [3.05, 3.63) is 81.7 Å². The fraction of sp³-hybridized carbons (Fsp3) is 0.0556. The zero-order chi connectivity index (χ0) is 17.8. The fourth-order valence-electron chi connectivity index (χ4n) is 2.45. The number of nitrogens with zero attached hydrogens (tertiary/aromatic N) is 2. The first-order chi connectivity index (χ1) is 12.0. The molecular weight excluding hydrogens is 404 g/mol. The van der Waals surface area contributed by atoms with Gasteiger partial charge in [-0.2, -0.15) is 0 Å². The van der Waals surface area contributed by atoms with Crippen molar-refractivity contribution in [3.8, 4) is 0 Å². The molecule has 0 bridgehead atoms. The van der Waals surface area contributed by atoms with Gasteiger partial charge in [-0.25, -0.2) is 9.97 Å². The second kappa shape index (κ2) is 7.63. The standard InChI is InChI=1S/C18H14BrClN4O/c19-12-4-6-13(7-5-12)24-18(25)16(11-3-8-15(20)23-10-11)14-2-1-9-22-17(14)21/h1-10,16H,(H2,21,22)(H,24,25)/t16-/m0/s1. The Hall–Kier alpha value is -2.44. The van der Waals surface area contributed by atoms with Crippen LogP contribution in [0.4, 0.5) is 11.5 Å². The summed E-state index contributed by atoms with van der Waals surface area (Å²) in [4.78, 5) is 21.1. The third-order valence-corrected chi connectivity index (χ3v) is 4.39. The molecule has 1 amide bonds. The molecule has 5 nitrogen and oxygen atoms in total. The van der Waals surface area contributed by atoms with Gasteiger partial charge in [0.25, 0.3) is 0 Å². The van der Waals surface area contributed by atoms with E-state index in [-0.39, 0.29) is 5.91 Å². The maximum absolute atomic E-state index is 13.0. The molecule has 0 aliphatic rings. The van der Waals surface area contributed by atoms with Crippen molar-refractivity contribution in [1.29, 1.82) is 0 Å². The Labute approximate surface area is 158 Å². The topological polar surface area (TPSA) is 80.9 Å². The van der Waals surface area contributed by atoms with Crippen LogP contribution in [0.5, 0.6) is 0 Å². The van der Waals surface area contributed by atoms with Crippen LogP contribution in [0.1, 0.15) is 17.0 Å². The summed E-state index contributed by atoms with van der Waals surface area (Å²) >= 11 is 9.24. The van der Waals surface area contributed by atoms with Crippen LogP contribution in [0.25, 0.3) is 0 Å². The summed E-state index contributed by atoms with van der Waals surface area (Å²) in [5.41, 5.74) is 7.97. The minimum atomic E-state index is -0.651. The third kappa shape index (κ3) is 4.15. The van der Waals surface area contributed by atoms with Crippen LogP contribution < -0.4 is 11.1 Å². The van der Waals surface area contributed by atoms with E-state index in [1.54, 1.807) is 36.7 Å². The highest BCUT2D eigenvalue weighted by Gasteiger charge is 2.25. The number of nitrogen functional groups attached to an aromatic ring is 1. The average Bonchev–Trinajstić information content (AvgIpc) is 2.60. The lowest BCUT2D eigenvalue weighted by Gasteiger charge is -2.18. The molecule has 126 valence electrons. The van der Waals surface area contributed by atoms with Gasteiger partial charge in [0.15, 0.2) is 0 Å². The van der Waals surface area contributed by atoms with Crippen molar-refractivity contribution in [2.75, 3.05) is 11.1 Å². The number of rotatable bonds is 4. The summed E-state index contributed by atoms with van der Waals surface area (Å²) in [6.45, 7) is 0. The summed E-state index contributed by atoms with van der Waals surface area (Å²) in [6, 6.07) is 14.3. The Balaban J connectivity index is 1.98. The smallest absolute Gasteiger partial charge is 0.236 e. The van der Waals surface area contributed by atoms with Gasteiger partial charge < -0.3 is 11.1 Å². The van der Waals surface area contributed by atoms with Crippen molar-refractivity contribution < 1.29 is 4.79 Å². The van der Waals surface area contributed by atoms with E-state index in [1.165, 1.54) is 0 Å². The Morgan fingerprint density at radius 2 is 1.88 bits per heavy atom. The highest BCUT2D eigenvalue weighted by Crippen LogP contribution is 2.29. The summed E-state index contributed by atoms with van der Waals surface area (Å²) in [5.74, 6) is -0.582. The number of carbonyl (C=O) groups excluding carboxylic acids is 1. The van der Waals surface area contributed by atoms with E-state index in [2.05, 4.69) is 31.2 Å². The number of carbonyl (C=O) groups is 1. The molecule has 0 aliphatic heterocycles. The first kappa shape index (κ1) is 17.4. The molecule has 2 aromatic heterocycles. The number of aromatic nitrogens is 2. The molecule has 0 spiro atoms. The molecule has 3 N–H and O–H groups in total. The maximum Gasteiger partial charge on any atom is 0.236 e. The normalized spacial score (nSPS) is 11.8. The Kier molecular flexibility index (Phi) is 5.31. The fourth-order valence-corrected chi connectivity index (χ4v) is 2.83. The van der Waals surface area contributed by atoms with E-state index in [0.717, 1.165) is 4.47 Å². The van der Waals surface area contributed by atoms with Gasteiger partial charge in [-0.15, -0.1) is 0 Å². The van der Waals surface area contributed by atoms with Gasteiger partial charge in [-0.3, -0.25) is 4.79 Å². The van der Waals surface area contributed by atoms with Crippen molar-refractivity contribution in [2.45, 2.75) is 5.92 Å². The van der Waals surface area contributed by atoms with Crippen LogP contribution >= 0.6 is 27.5 Å². The molecule has 7 heteroatoms. The van der Waals surface area contributed by atoms with Gasteiger partial charge in [0.1, 0.15) is 11.0 Å². The van der Waals surface area contributed by atoms with E-state index < -0.39 is 5.92 Å². The minimum Gasteiger partial charge on any atom is -0.383 e. The van der Waals surface area contributed by atoms with Crippen molar-refractivity contribution in [2.24, 2.45) is 0 Å². The van der Waals surface area contributed by atoms with Crippen molar-refractivity contribution >= 4 is 44.9 Å².